The predicted octanol–water partition coefficient (Wildman–Crippen LogP) is 12.8. The van der Waals surface area contributed by atoms with Crippen LogP contribution in [0.1, 0.15) is 0 Å². The highest BCUT2D eigenvalue weighted by Crippen LogP contribution is 2.40. The van der Waals surface area contributed by atoms with E-state index in [4.69, 9.17) is 34.3 Å². The van der Waals surface area contributed by atoms with Crippen LogP contribution < -0.4 is 0 Å². The molecule has 0 aliphatic heterocycles. The summed E-state index contributed by atoms with van der Waals surface area (Å²) in [4.78, 5) is 29.7. The molecule has 7 heteroatoms. The summed E-state index contributed by atoms with van der Waals surface area (Å²) in [6, 6.07) is 63.7. The van der Waals surface area contributed by atoms with Crippen LogP contribution in [0.3, 0.4) is 0 Å². The standard InChI is InChI=1S/C52H32N6O/c1-5-15-34(16-6-1)45-47-46(55-48(54-45)35-17-7-2-8-18-35)44-31-39(32-53-52(44)59-47)41-30-29-40(42-23-13-14-24-43(41)42)33-25-27-38(28-26-33)51-57-49(36-19-9-3-10-20-36)56-50(58-51)37-21-11-4-12-22-37/h1-32H. The van der Waals surface area contributed by atoms with Crippen molar-refractivity contribution in [2.45, 2.75) is 0 Å². The maximum Gasteiger partial charge on any atom is 0.229 e. The van der Waals surface area contributed by atoms with Crippen LogP contribution in [0.4, 0.5) is 0 Å². The van der Waals surface area contributed by atoms with Gasteiger partial charge in [-0.15, -0.1) is 0 Å². The summed E-state index contributed by atoms with van der Waals surface area (Å²) in [5.41, 5.74) is 11.5. The number of pyridine rings is 1. The first-order chi connectivity index (χ1) is 29.2. The SMILES string of the molecule is c1ccc(-c2nc(-c3ccccc3)nc(-c3ccc(-c4ccc(-c5cnc6oc7c(-c8ccccc8)nc(-c8ccccc8)nc7c6c5)c5ccccc45)cc3)n2)cc1. The van der Waals surface area contributed by atoms with E-state index >= 15 is 0 Å². The van der Waals surface area contributed by atoms with Gasteiger partial charge in [0.15, 0.2) is 28.9 Å². The van der Waals surface area contributed by atoms with E-state index in [-0.39, 0.29) is 0 Å². The van der Waals surface area contributed by atoms with E-state index in [1.54, 1.807) is 0 Å². The molecule has 7 nitrogen and oxygen atoms in total. The monoisotopic (exact) mass is 756 g/mol. The number of benzene rings is 7. The number of rotatable bonds is 7. The minimum Gasteiger partial charge on any atom is -0.434 e. The molecule has 0 atom stereocenters. The summed E-state index contributed by atoms with van der Waals surface area (Å²) in [5, 5.41) is 3.08. The Kier molecular flexibility index (Phi) is 8.33. The number of hydrogen-bond donors (Lipinski definition) is 0. The highest BCUT2D eigenvalue weighted by Gasteiger charge is 2.20. The summed E-state index contributed by atoms with van der Waals surface area (Å²) < 4.78 is 6.44. The fourth-order valence-corrected chi connectivity index (χ4v) is 7.72. The highest BCUT2D eigenvalue weighted by molar-refractivity contribution is 6.09. The molecule has 0 unspecified atom stereocenters. The Morgan fingerprint density at radius 3 is 1.27 bits per heavy atom. The summed E-state index contributed by atoms with van der Waals surface area (Å²) in [6.07, 6.45) is 1.89. The lowest BCUT2D eigenvalue weighted by Gasteiger charge is -2.13. The van der Waals surface area contributed by atoms with Crippen LogP contribution in [-0.2, 0) is 0 Å². The van der Waals surface area contributed by atoms with Crippen molar-refractivity contribution < 1.29 is 4.42 Å². The molecule has 0 bridgehead atoms. The third-order valence-electron chi connectivity index (χ3n) is 10.6. The van der Waals surface area contributed by atoms with Crippen LogP contribution in [0.5, 0.6) is 0 Å². The van der Waals surface area contributed by atoms with Crippen LogP contribution in [0.25, 0.3) is 112 Å². The number of fused-ring (bicyclic) bond motifs is 4. The van der Waals surface area contributed by atoms with Crippen molar-refractivity contribution in [2.24, 2.45) is 0 Å². The minimum absolute atomic E-state index is 0.520. The number of hydrogen-bond acceptors (Lipinski definition) is 7. The number of furan rings is 1. The zero-order chi connectivity index (χ0) is 39.1. The largest absolute Gasteiger partial charge is 0.434 e. The van der Waals surface area contributed by atoms with Crippen LogP contribution in [0.2, 0.25) is 0 Å². The molecule has 0 saturated carbocycles. The molecule has 0 N–H and O–H groups in total. The second kappa shape index (κ2) is 14.4. The Hall–Kier alpha value is -8.16. The topological polar surface area (TPSA) is 90.5 Å². The normalized spacial score (nSPS) is 11.4. The molecule has 4 heterocycles. The van der Waals surface area contributed by atoms with Gasteiger partial charge in [0.2, 0.25) is 5.71 Å². The lowest BCUT2D eigenvalue weighted by Crippen LogP contribution is -2.00. The molecule has 0 saturated heterocycles. The van der Waals surface area contributed by atoms with Crippen molar-refractivity contribution in [3.8, 4) is 79.1 Å². The van der Waals surface area contributed by atoms with Gasteiger partial charge in [-0.05, 0) is 33.5 Å². The van der Waals surface area contributed by atoms with E-state index in [0.29, 0.717) is 34.6 Å². The Morgan fingerprint density at radius 2 is 0.746 bits per heavy atom. The molecule has 7 aromatic carbocycles. The Labute approximate surface area is 339 Å². The first-order valence-electron chi connectivity index (χ1n) is 19.4. The zero-order valence-corrected chi connectivity index (χ0v) is 31.6. The lowest BCUT2D eigenvalue weighted by atomic mass is 9.92. The van der Waals surface area contributed by atoms with Gasteiger partial charge in [0.1, 0.15) is 11.2 Å². The molecule has 0 aliphatic rings. The van der Waals surface area contributed by atoms with E-state index in [1.807, 2.05) is 128 Å². The van der Waals surface area contributed by atoms with E-state index < -0.39 is 0 Å². The van der Waals surface area contributed by atoms with Crippen molar-refractivity contribution >= 4 is 33.0 Å². The van der Waals surface area contributed by atoms with Crippen molar-refractivity contribution in [2.75, 3.05) is 0 Å². The van der Waals surface area contributed by atoms with Crippen molar-refractivity contribution in [1.29, 1.82) is 0 Å². The first-order valence-corrected chi connectivity index (χ1v) is 19.4. The van der Waals surface area contributed by atoms with Crippen LogP contribution >= 0.6 is 0 Å². The third kappa shape index (κ3) is 6.27. The molecule has 11 aromatic rings. The molecule has 4 aromatic heterocycles. The third-order valence-corrected chi connectivity index (χ3v) is 10.6. The summed E-state index contributed by atoms with van der Waals surface area (Å²) in [6.45, 7) is 0. The van der Waals surface area contributed by atoms with E-state index in [9.17, 15) is 0 Å². The summed E-state index contributed by atoms with van der Waals surface area (Å²) in [7, 11) is 0. The predicted molar refractivity (Wildman–Crippen MR) is 236 cm³/mol. The number of nitrogens with zero attached hydrogens (tertiary/aromatic N) is 6. The Bertz CT molecular complexity index is 3240. The minimum atomic E-state index is 0.520. The van der Waals surface area contributed by atoms with Crippen LogP contribution in [-0.4, -0.2) is 29.9 Å². The van der Waals surface area contributed by atoms with Gasteiger partial charge in [-0.1, -0.05) is 182 Å². The van der Waals surface area contributed by atoms with Crippen LogP contribution in [0, 0.1) is 0 Å². The molecule has 0 radical (unpaired) electrons. The zero-order valence-electron chi connectivity index (χ0n) is 31.6. The van der Waals surface area contributed by atoms with E-state index in [1.165, 1.54) is 0 Å². The maximum atomic E-state index is 6.44. The fraction of sp³-hybridized carbons (Fsp3) is 0. The van der Waals surface area contributed by atoms with Gasteiger partial charge in [0.25, 0.3) is 0 Å². The average Bonchev–Trinajstić information content (AvgIpc) is 3.70. The molecular weight excluding hydrogens is 725 g/mol. The molecule has 0 spiro atoms. The highest BCUT2D eigenvalue weighted by atomic mass is 16.3. The first kappa shape index (κ1) is 34.1. The van der Waals surface area contributed by atoms with E-state index in [2.05, 4.69) is 66.7 Å². The van der Waals surface area contributed by atoms with Gasteiger partial charge in [0.05, 0.1) is 5.39 Å². The van der Waals surface area contributed by atoms with Gasteiger partial charge < -0.3 is 4.42 Å². The molecular formula is C52H32N6O. The molecule has 59 heavy (non-hydrogen) atoms. The van der Waals surface area contributed by atoms with Gasteiger partial charge in [0, 0.05) is 39.6 Å². The van der Waals surface area contributed by atoms with Crippen molar-refractivity contribution in [3.05, 3.63) is 194 Å². The van der Waals surface area contributed by atoms with Gasteiger partial charge in [-0.3, -0.25) is 0 Å². The van der Waals surface area contributed by atoms with Gasteiger partial charge in [-0.25, -0.2) is 29.9 Å². The fourth-order valence-electron chi connectivity index (χ4n) is 7.72. The smallest absolute Gasteiger partial charge is 0.229 e. The number of aromatic nitrogens is 6. The summed E-state index contributed by atoms with van der Waals surface area (Å²) in [5.74, 6) is 2.53. The molecule has 276 valence electrons. The molecule has 0 aliphatic carbocycles. The lowest BCUT2D eigenvalue weighted by molar-refractivity contribution is 0.653. The maximum absolute atomic E-state index is 6.44. The summed E-state index contributed by atoms with van der Waals surface area (Å²) >= 11 is 0. The molecule has 11 rings (SSSR count). The van der Waals surface area contributed by atoms with Gasteiger partial charge in [-0.2, -0.15) is 0 Å². The second-order valence-electron chi connectivity index (χ2n) is 14.3. The Balaban J connectivity index is 0.996. The average molecular weight is 757 g/mol. The van der Waals surface area contributed by atoms with E-state index in [0.717, 1.165) is 77.4 Å². The quantitative estimate of drug-likeness (QED) is 0.160. The Morgan fingerprint density at radius 1 is 0.322 bits per heavy atom. The molecule has 0 fully saturated rings. The van der Waals surface area contributed by atoms with Crippen molar-refractivity contribution in [3.63, 3.8) is 0 Å². The molecule has 0 amide bonds. The van der Waals surface area contributed by atoms with Crippen molar-refractivity contribution in [1.82, 2.24) is 29.9 Å². The van der Waals surface area contributed by atoms with Crippen LogP contribution in [0.15, 0.2) is 199 Å². The van der Waals surface area contributed by atoms with Gasteiger partial charge >= 0.3 is 0 Å². The second-order valence-corrected chi connectivity index (χ2v) is 14.3.